The van der Waals surface area contributed by atoms with Crippen LogP contribution in [0.25, 0.3) is 17.3 Å². The van der Waals surface area contributed by atoms with E-state index in [1.165, 1.54) is 0 Å². The molecule has 110 valence electrons. The van der Waals surface area contributed by atoms with Gasteiger partial charge in [0.05, 0.1) is 0 Å². The second-order valence-electron chi connectivity index (χ2n) is 5.18. The minimum atomic E-state index is 1.02. The Kier molecular flexibility index (Phi) is 5.48. The fourth-order valence-electron chi connectivity index (χ4n) is 2.16. The first-order valence-corrected chi connectivity index (χ1v) is 7.36. The molecule has 2 aromatic rings. The number of rotatable bonds is 5. The van der Waals surface area contributed by atoms with Crippen LogP contribution in [0.3, 0.4) is 0 Å². The van der Waals surface area contributed by atoms with E-state index in [0.29, 0.717) is 0 Å². The summed E-state index contributed by atoms with van der Waals surface area (Å²) in [6, 6.07) is 4.02. The normalized spacial score (nSPS) is 12.2. The van der Waals surface area contributed by atoms with Crippen molar-refractivity contribution in [2.24, 2.45) is 7.05 Å². The molecule has 2 aromatic heterocycles. The first-order chi connectivity index (χ1) is 10.6. The molecular formula is C19H21BN2. The van der Waals surface area contributed by atoms with Gasteiger partial charge in [0.25, 0.3) is 0 Å². The van der Waals surface area contributed by atoms with Gasteiger partial charge in [-0.2, -0.15) is 0 Å². The molecule has 0 aliphatic rings. The Balaban J connectivity index is 2.20. The Hall–Kier alpha value is -2.42. The number of pyridine rings is 1. The van der Waals surface area contributed by atoms with Crippen molar-refractivity contribution in [3.8, 4) is 11.3 Å². The maximum absolute atomic E-state index is 4.18. The van der Waals surface area contributed by atoms with Crippen LogP contribution in [-0.2, 0) is 7.05 Å². The molecule has 0 atom stereocenters. The van der Waals surface area contributed by atoms with Crippen molar-refractivity contribution >= 4 is 13.0 Å². The molecule has 0 aliphatic carbocycles. The minimum absolute atomic E-state index is 1.02. The van der Waals surface area contributed by atoms with Gasteiger partial charge in [-0.15, -0.1) is 0 Å². The monoisotopic (exact) mass is 288 g/mol. The van der Waals surface area contributed by atoms with Gasteiger partial charge in [0.2, 0.25) is 0 Å². The van der Waals surface area contributed by atoms with E-state index < -0.39 is 0 Å². The van der Waals surface area contributed by atoms with Crippen molar-refractivity contribution in [1.29, 1.82) is 0 Å². The summed E-state index contributed by atoms with van der Waals surface area (Å²) < 4.78 is 2.16. The molecule has 0 fully saturated rings. The third-order valence-corrected chi connectivity index (χ3v) is 3.62. The standard InChI is InChI=1S/C19H21BN2/c1-5-6-8-15(2)16(3)10-11-19-20-13-18(22(19)4)17-9-7-12-21-14-17/h5-14H,3H2,1-2,4H3/b6-5-,11-10-,15-8+. The van der Waals surface area contributed by atoms with E-state index >= 15 is 0 Å². The molecule has 0 radical (unpaired) electrons. The summed E-state index contributed by atoms with van der Waals surface area (Å²) in [5.41, 5.74) is 5.59. The zero-order valence-corrected chi connectivity index (χ0v) is 13.5. The molecule has 0 aliphatic heterocycles. The molecule has 0 unspecified atom stereocenters. The summed E-state index contributed by atoms with van der Waals surface area (Å²) in [5, 5.41) is 0. The molecule has 2 rings (SSSR count). The van der Waals surface area contributed by atoms with E-state index in [4.69, 9.17) is 0 Å². The molecular weight excluding hydrogens is 267 g/mol. The number of hydrogen-bond donors (Lipinski definition) is 0. The van der Waals surface area contributed by atoms with Crippen molar-refractivity contribution < 1.29 is 0 Å². The molecule has 3 heteroatoms. The van der Waals surface area contributed by atoms with Crippen molar-refractivity contribution in [2.45, 2.75) is 13.8 Å². The number of hydrogen-bond acceptors (Lipinski definition) is 1. The van der Waals surface area contributed by atoms with E-state index in [2.05, 4.69) is 67.3 Å². The summed E-state index contributed by atoms with van der Waals surface area (Å²) in [7, 11) is 2.06. The fraction of sp³-hybridized carbons (Fsp3) is 0.158. The molecule has 0 spiro atoms. The van der Waals surface area contributed by atoms with E-state index in [0.717, 1.165) is 28.0 Å². The molecule has 2 heterocycles. The van der Waals surface area contributed by atoms with Gasteiger partial charge in [0.1, 0.15) is 0 Å². The first kappa shape index (κ1) is 16.0. The zero-order chi connectivity index (χ0) is 15.9. The Labute approximate surface area is 133 Å². The van der Waals surface area contributed by atoms with Gasteiger partial charge in [-0.3, -0.25) is 0 Å². The zero-order valence-electron chi connectivity index (χ0n) is 13.5. The van der Waals surface area contributed by atoms with Crippen LogP contribution < -0.4 is 0 Å². The van der Waals surface area contributed by atoms with Gasteiger partial charge in [0.15, 0.2) is 0 Å². The van der Waals surface area contributed by atoms with Crippen LogP contribution in [0.2, 0.25) is 0 Å². The Bertz CT molecular complexity index is 734. The molecule has 0 saturated heterocycles. The first-order valence-electron chi connectivity index (χ1n) is 7.36. The molecule has 0 bridgehead atoms. The fourth-order valence-corrected chi connectivity index (χ4v) is 2.16. The van der Waals surface area contributed by atoms with Gasteiger partial charge in [-0.1, -0.05) is 0 Å². The Morgan fingerprint density at radius 1 is 1.41 bits per heavy atom. The van der Waals surface area contributed by atoms with Gasteiger partial charge >= 0.3 is 133 Å². The van der Waals surface area contributed by atoms with Gasteiger partial charge in [-0.25, -0.2) is 0 Å². The topological polar surface area (TPSA) is 17.8 Å². The van der Waals surface area contributed by atoms with Crippen molar-refractivity contribution in [3.05, 3.63) is 78.1 Å². The van der Waals surface area contributed by atoms with Gasteiger partial charge in [0, 0.05) is 0 Å². The van der Waals surface area contributed by atoms with Crippen LogP contribution in [0.1, 0.15) is 19.4 Å². The maximum atomic E-state index is 4.18. The average Bonchev–Trinajstić information content (AvgIpc) is 2.92. The Morgan fingerprint density at radius 3 is 2.91 bits per heavy atom. The van der Waals surface area contributed by atoms with Crippen LogP contribution in [0, 0.1) is 0 Å². The van der Waals surface area contributed by atoms with Crippen molar-refractivity contribution in [2.75, 3.05) is 0 Å². The third-order valence-electron chi connectivity index (χ3n) is 3.62. The van der Waals surface area contributed by atoms with Crippen molar-refractivity contribution in [1.82, 2.24) is 9.55 Å². The third kappa shape index (κ3) is 3.82. The molecule has 0 amide bonds. The molecule has 0 aromatic carbocycles. The van der Waals surface area contributed by atoms with Crippen LogP contribution in [0.15, 0.2) is 72.5 Å². The summed E-state index contributed by atoms with van der Waals surface area (Å²) >= 11 is 0. The van der Waals surface area contributed by atoms with E-state index in [-0.39, 0.29) is 0 Å². The van der Waals surface area contributed by atoms with Crippen LogP contribution >= 0.6 is 0 Å². The molecule has 2 nitrogen and oxygen atoms in total. The average molecular weight is 288 g/mol. The SMILES string of the molecule is C=C(/C=C\c1bcc(-c2cccnc2)n1C)/C(C)=C/C=C\C. The van der Waals surface area contributed by atoms with Crippen LogP contribution in [-0.4, -0.2) is 16.5 Å². The van der Waals surface area contributed by atoms with E-state index in [9.17, 15) is 0 Å². The predicted molar refractivity (Wildman–Crippen MR) is 96.7 cm³/mol. The second-order valence-corrected chi connectivity index (χ2v) is 5.18. The molecule has 0 saturated carbocycles. The number of aromatic nitrogens is 2. The quantitative estimate of drug-likeness (QED) is 0.740. The molecule has 0 N–H and O–H groups in total. The summed E-state index contributed by atoms with van der Waals surface area (Å²) in [5.74, 6) is 2.11. The number of allylic oxidation sites excluding steroid dienone is 6. The molecule has 22 heavy (non-hydrogen) atoms. The van der Waals surface area contributed by atoms with E-state index in [1.54, 1.807) is 6.20 Å². The number of nitrogens with zero attached hydrogens (tertiary/aromatic N) is 2. The van der Waals surface area contributed by atoms with Gasteiger partial charge < -0.3 is 0 Å². The second kappa shape index (κ2) is 7.55. The summed E-state index contributed by atoms with van der Waals surface area (Å²) in [6.45, 7) is 10.3. The van der Waals surface area contributed by atoms with Crippen molar-refractivity contribution in [3.63, 3.8) is 0 Å². The van der Waals surface area contributed by atoms with Gasteiger partial charge in [-0.05, 0) is 0 Å². The Morgan fingerprint density at radius 2 is 2.23 bits per heavy atom. The summed E-state index contributed by atoms with van der Waals surface area (Å²) in [4.78, 5) is 4.18. The predicted octanol–water partition coefficient (Wildman–Crippen LogP) is 4.52. The van der Waals surface area contributed by atoms with E-state index in [1.807, 2.05) is 31.3 Å². The van der Waals surface area contributed by atoms with Crippen LogP contribution in [0.5, 0.6) is 0 Å². The summed E-state index contributed by atoms with van der Waals surface area (Å²) in [6.07, 6.45) is 13.9. The van der Waals surface area contributed by atoms with Crippen LogP contribution in [0.4, 0.5) is 0 Å².